The molecule has 0 saturated carbocycles. The minimum absolute atomic E-state index is 0.109. The zero-order valence-electron chi connectivity index (χ0n) is 18.9. The highest BCUT2D eigenvalue weighted by molar-refractivity contribution is 5.99. The molecule has 2 aromatic carbocycles. The number of nitrogens with zero attached hydrogens (tertiary/aromatic N) is 1. The predicted octanol–water partition coefficient (Wildman–Crippen LogP) is 2.28. The summed E-state index contributed by atoms with van der Waals surface area (Å²) >= 11 is 0. The number of hydrogen-bond acceptors (Lipinski definition) is 5. The summed E-state index contributed by atoms with van der Waals surface area (Å²) in [5, 5.41) is 0.460. The van der Waals surface area contributed by atoms with E-state index in [2.05, 4.69) is 13.8 Å². The fourth-order valence-electron chi connectivity index (χ4n) is 4.53. The van der Waals surface area contributed by atoms with E-state index in [1.165, 1.54) is 4.90 Å². The summed E-state index contributed by atoms with van der Waals surface area (Å²) in [7, 11) is 3.13. The number of carbonyl (C=O) groups excluding carboxylic acids is 1. The average Bonchev–Trinajstić information content (AvgIpc) is 3.11. The zero-order valence-corrected chi connectivity index (χ0v) is 18.9. The highest BCUT2D eigenvalue weighted by Crippen LogP contribution is 2.44. The maximum absolute atomic E-state index is 13.6. The van der Waals surface area contributed by atoms with Crippen molar-refractivity contribution in [1.29, 1.82) is 0 Å². The number of nitrogens with one attached hydrogen (secondary N) is 1. The van der Waals surface area contributed by atoms with E-state index in [1.807, 2.05) is 12.1 Å². The van der Waals surface area contributed by atoms with Crippen LogP contribution in [0.3, 0.4) is 0 Å². The molecule has 0 saturated heterocycles. The molecule has 0 bridgehead atoms. The smallest absolute Gasteiger partial charge is 0.291 e. The SMILES string of the molecule is CC[NH+](CC)CCN1C(=O)c2oc3ccccc3c(=O)c2[C@@H]1c1cccc(OC)c1OC. The largest absolute Gasteiger partial charge is 0.493 e. The summed E-state index contributed by atoms with van der Waals surface area (Å²) in [6.07, 6.45) is 0. The number of rotatable bonds is 8. The van der Waals surface area contributed by atoms with Crippen molar-refractivity contribution < 1.29 is 23.6 Å². The van der Waals surface area contributed by atoms with Gasteiger partial charge in [-0.1, -0.05) is 24.3 Å². The van der Waals surface area contributed by atoms with Crippen LogP contribution in [0, 0.1) is 0 Å². The van der Waals surface area contributed by atoms with E-state index in [-0.39, 0.29) is 17.1 Å². The lowest BCUT2D eigenvalue weighted by molar-refractivity contribution is -0.895. The Morgan fingerprint density at radius 2 is 1.75 bits per heavy atom. The van der Waals surface area contributed by atoms with Crippen LogP contribution in [0.15, 0.2) is 51.7 Å². The van der Waals surface area contributed by atoms with Crippen LogP contribution in [0.25, 0.3) is 11.0 Å². The molecule has 1 aromatic heterocycles. The summed E-state index contributed by atoms with van der Waals surface area (Å²) in [6, 6.07) is 11.9. The first-order chi connectivity index (χ1) is 15.5. The van der Waals surface area contributed by atoms with Gasteiger partial charge in [-0.3, -0.25) is 9.59 Å². The summed E-state index contributed by atoms with van der Waals surface area (Å²) < 4.78 is 17.2. The topological polar surface area (TPSA) is 73.4 Å². The Kier molecular flexibility index (Phi) is 6.19. The van der Waals surface area contributed by atoms with Crippen LogP contribution in [0.1, 0.15) is 41.6 Å². The Morgan fingerprint density at radius 3 is 2.44 bits per heavy atom. The van der Waals surface area contributed by atoms with Crippen molar-refractivity contribution in [3.05, 3.63) is 69.6 Å². The summed E-state index contributed by atoms with van der Waals surface area (Å²) in [4.78, 5) is 30.2. The van der Waals surface area contributed by atoms with Gasteiger partial charge in [0.1, 0.15) is 5.58 Å². The van der Waals surface area contributed by atoms with Crippen molar-refractivity contribution in [2.75, 3.05) is 40.4 Å². The van der Waals surface area contributed by atoms with Gasteiger partial charge in [0.15, 0.2) is 16.9 Å². The number of methoxy groups -OCH3 is 2. The van der Waals surface area contributed by atoms with Crippen molar-refractivity contribution in [1.82, 2.24) is 4.90 Å². The highest BCUT2D eigenvalue weighted by atomic mass is 16.5. The maximum atomic E-state index is 13.6. The Bertz CT molecular complexity index is 1200. The van der Waals surface area contributed by atoms with E-state index in [0.29, 0.717) is 40.1 Å². The minimum atomic E-state index is -0.613. The molecule has 32 heavy (non-hydrogen) atoms. The third kappa shape index (κ3) is 3.52. The molecule has 1 atom stereocenters. The van der Waals surface area contributed by atoms with Crippen LogP contribution in [0.2, 0.25) is 0 Å². The number of hydrogen-bond donors (Lipinski definition) is 1. The van der Waals surface area contributed by atoms with Gasteiger partial charge in [-0.2, -0.15) is 0 Å². The van der Waals surface area contributed by atoms with Gasteiger partial charge in [-0.25, -0.2) is 0 Å². The third-order valence-corrected chi connectivity index (χ3v) is 6.31. The molecule has 1 N–H and O–H groups in total. The monoisotopic (exact) mass is 437 g/mol. The van der Waals surface area contributed by atoms with Crippen LogP contribution in [-0.2, 0) is 0 Å². The van der Waals surface area contributed by atoms with Crippen molar-refractivity contribution in [2.24, 2.45) is 0 Å². The van der Waals surface area contributed by atoms with Gasteiger partial charge in [0, 0.05) is 5.56 Å². The molecule has 0 fully saturated rings. The Morgan fingerprint density at radius 1 is 1.00 bits per heavy atom. The van der Waals surface area contributed by atoms with Gasteiger partial charge in [0.2, 0.25) is 5.76 Å². The van der Waals surface area contributed by atoms with Gasteiger partial charge in [-0.05, 0) is 32.0 Å². The van der Waals surface area contributed by atoms with Crippen LogP contribution in [-0.4, -0.2) is 51.2 Å². The number of para-hydroxylation sites is 2. The number of quaternary nitrogens is 1. The van der Waals surface area contributed by atoms with Gasteiger partial charge in [0.05, 0.1) is 57.4 Å². The molecule has 168 valence electrons. The molecule has 4 rings (SSSR count). The van der Waals surface area contributed by atoms with Crippen molar-refractivity contribution in [2.45, 2.75) is 19.9 Å². The van der Waals surface area contributed by atoms with E-state index in [4.69, 9.17) is 13.9 Å². The second-order valence-corrected chi connectivity index (χ2v) is 7.86. The van der Waals surface area contributed by atoms with Crippen LogP contribution in [0.4, 0.5) is 0 Å². The van der Waals surface area contributed by atoms with Crippen molar-refractivity contribution >= 4 is 16.9 Å². The second-order valence-electron chi connectivity index (χ2n) is 7.86. The lowest BCUT2D eigenvalue weighted by Gasteiger charge is -2.28. The predicted molar refractivity (Wildman–Crippen MR) is 122 cm³/mol. The first-order valence-corrected chi connectivity index (χ1v) is 11.0. The molecule has 0 spiro atoms. The molecule has 2 heterocycles. The van der Waals surface area contributed by atoms with E-state index in [9.17, 15) is 9.59 Å². The molecular formula is C25H29N2O5+. The second kappa shape index (κ2) is 9.04. The summed E-state index contributed by atoms with van der Waals surface area (Å²) in [5.41, 5.74) is 1.28. The van der Waals surface area contributed by atoms with E-state index >= 15 is 0 Å². The lowest BCUT2D eigenvalue weighted by Crippen LogP contribution is -3.12. The first kappa shape index (κ1) is 21.9. The molecule has 0 unspecified atom stereocenters. The lowest BCUT2D eigenvalue weighted by atomic mass is 9.97. The van der Waals surface area contributed by atoms with Gasteiger partial charge in [0.25, 0.3) is 5.91 Å². The number of benzene rings is 2. The van der Waals surface area contributed by atoms with Crippen molar-refractivity contribution in [3.8, 4) is 11.5 Å². The molecule has 7 heteroatoms. The van der Waals surface area contributed by atoms with Gasteiger partial charge in [-0.15, -0.1) is 0 Å². The Labute approximate surface area is 187 Å². The number of fused-ring (bicyclic) bond motifs is 2. The third-order valence-electron chi connectivity index (χ3n) is 6.31. The van der Waals surface area contributed by atoms with E-state index in [1.54, 1.807) is 49.5 Å². The molecule has 0 radical (unpaired) electrons. The molecule has 0 aliphatic carbocycles. The average molecular weight is 438 g/mol. The number of carbonyl (C=O) groups is 1. The van der Waals surface area contributed by atoms with Gasteiger partial charge < -0.3 is 23.7 Å². The summed E-state index contributed by atoms with van der Waals surface area (Å²) in [6.45, 7) is 7.42. The standard InChI is InChI=1S/C25H28N2O5/c1-5-26(6-2)14-15-27-21(17-11-9-13-19(30-3)23(17)31-4)20-22(28)16-10-7-8-12-18(16)32-24(20)25(27)29/h7-13,21H,5-6,14-15H2,1-4H3/p+1/t21-/m0/s1. The highest BCUT2D eigenvalue weighted by Gasteiger charge is 2.44. The fourth-order valence-corrected chi connectivity index (χ4v) is 4.53. The number of ether oxygens (including phenoxy) is 2. The van der Waals surface area contributed by atoms with E-state index in [0.717, 1.165) is 19.6 Å². The normalized spacial score (nSPS) is 15.5. The molecule has 1 aliphatic heterocycles. The molecule has 1 amide bonds. The van der Waals surface area contributed by atoms with Crippen LogP contribution < -0.4 is 19.8 Å². The van der Waals surface area contributed by atoms with Gasteiger partial charge >= 0.3 is 0 Å². The summed E-state index contributed by atoms with van der Waals surface area (Å²) in [5.74, 6) is 0.890. The Hall–Kier alpha value is -3.32. The van der Waals surface area contributed by atoms with E-state index < -0.39 is 6.04 Å². The molecular weight excluding hydrogens is 408 g/mol. The number of amides is 1. The zero-order chi connectivity index (χ0) is 22.8. The molecule has 7 nitrogen and oxygen atoms in total. The fraction of sp³-hybridized carbons (Fsp3) is 0.360. The maximum Gasteiger partial charge on any atom is 0.291 e. The molecule has 3 aromatic rings. The van der Waals surface area contributed by atoms with Crippen LogP contribution >= 0.6 is 0 Å². The molecule has 1 aliphatic rings. The number of likely N-dealkylation sites (N-methyl/N-ethyl adjacent to an activating group) is 1. The Balaban J connectivity index is 1.93. The first-order valence-electron chi connectivity index (χ1n) is 11.0. The quantitative estimate of drug-likeness (QED) is 0.585. The van der Waals surface area contributed by atoms with Crippen molar-refractivity contribution in [3.63, 3.8) is 0 Å². The minimum Gasteiger partial charge on any atom is -0.493 e. The van der Waals surface area contributed by atoms with Crippen LogP contribution in [0.5, 0.6) is 11.5 Å².